The molecule has 0 fully saturated rings. The normalized spacial score (nSPS) is 13.6. The van der Waals surface area contributed by atoms with Crippen LogP contribution in [0.1, 0.15) is 25.8 Å². The molecule has 3 N–H and O–H groups in total. The van der Waals surface area contributed by atoms with E-state index in [1.54, 1.807) is 6.20 Å². The van der Waals surface area contributed by atoms with Gasteiger partial charge in [-0.2, -0.15) is 5.10 Å². The Hall–Kier alpha value is -1.66. The van der Waals surface area contributed by atoms with Crippen LogP contribution in [0.15, 0.2) is 41.1 Å². The van der Waals surface area contributed by atoms with E-state index < -0.39 is 6.04 Å². The summed E-state index contributed by atoms with van der Waals surface area (Å²) < 4.78 is 2.87. The van der Waals surface area contributed by atoms with Crippen LogP contribution in [-0.2, 0) is 17.8 Å². The summed E-state index contributed by atoms with van der Waals surface area (Å²) in [5.74, 6) is 0.0381. The van der Waals surface area contributed by atoms with E-state index in [4.69, 9.17) is 5.73 Å². The van der Waals surface area contributed by atoms with Gasteiger partial charge < -0.3 is 11.1 Å². The van der Waals surface area contributed by atoms with E-state index in [1.165, 1.54) is 5.56 Å². The molecule has 0 spiro atoms. The number of amides is 1. The van der Waals surface area contributed by atoms with Crippen LogP contribution in [0.4, 0.5) is 5.69 Å². The monoisotopic (exact) mass is 378 g/mol. The molecule has 1 aromatic carbocycles. The van der Waals surface area contributed by atoms with Crippen molar-refractivity contribution in [2.45, 2.75) is 39.3 Å². The van der Waals surface area contributed by atoms with E-state index >= 15 is 0 Å². The highest BCUT2D eigenvalue weighted by molar-refractivity contribution is 9.10. The SMILES string of the molecule is CCC(C)C(N)C(=O)Nc1ccc(CCn2cc(Br)cn2)cc1. The summed E-state index contributed by atoms with van der Waals surface area (Å²) in [5, 5.41) is 7.10. The molecule has 0 saturated carbocycles. The number of aryl methyl sites for hydroxylation is 2. The van der Waals surface area contributed by atoms with Gasteiger partial charge in [0.1, 0.15) is 0 Å². The number of hydrogen-bond acceptors (Lipinski definition) is 3. The summed E-state index contributed by atoms with van der Waals surface area (Å²) in [6.07, 6.45) is 5.50. The molecule has 2 aromatic rings. The molecule has 23 heavy (non-hydrogen) atoms. The second-order valence-electron chi connectivity index (χ2n) is 5.77. The number of nitrogens with two attached hydrogens (primary N) is 1. The van der Waals surface area contributed by atoms with E-state index in [0.29, 0.717) is 0 Å². The molecular weight excluding hydrogens is 356 g/mol. The molecule has 0 radical (unpaired) electrons. The standard InChI is InChI=1S/C17H23BrN4O/c1-3-12(2)16(19)17(23)21-15-6-4-13(5-7-15)8-9-22-11-14(18)10-20-22/h4-7,10-12,16H,3,8-9,19H2,1-2H3,(H,21,23). The first-order chi connectivity index (χ1) is 11.0. The number of nitrogens with zero attached hydrogens (tertiary/aromatic N) is 2. The van der Waals surface area contributed by atoms with Crippen molar-refractivity contribution in [2.75, 3.05) is 5.32 Å². The van der Waals surface area contributed by atoms with Gasteiger partial charge in [0.25, 0.3) is 0 Å². The van der Waals surface area contributed by atoms with Crippen molar-refractivity contribution in [3.05, 3.63) is 46.7 Å². The molecule has 5 nitrogen and oxygen atoms in total. The Labute approximate surface area is 145 Å². The van der Waals surface area contributed by atoms with Crippen LogP contribution in [0.5, 0.6) is 0 Å². The fourth-order valence-electron chi connectivity index (χ4n) is 2.20. The average molecular weight is 379 g/mol. The van der Waals surface area contributed by atoms with Crippen molar-refractivity contribution in [1.29, 1.82) is 0 Å². The molecule has 2 atom stereocenters. The Balaban J connectivity index is 1.87. The zero-order valence-corrected chi connectivity index (χ0v) is 15.1. The number of carbonyl (C=O) groups is 1. The minimum Gasteiger partial charge on any atom is -0.325 e. The predicted octanol–water partition coefficient (Wildman–Crippen LogP) is 3.20. The molecule has 6 heteroatoms. The van der Waals surface area contributed by atoms with Crippen LogP contribution in [0.2, 0.25) is 0 Å². The van der Waals surface area contributed by atoms with Crippen LogP contribution in [0.25, 0.3) is 0 Å². The van der Waals surface area contributed by atoms with Crippen LogP contribution in [-0.4, -0.2) is 21.7 Å². The van der Waals surface area contributed by atoms with Crippen molar-refractivity contribution in [3.63, 3.8) is 0 Å². The molecule has 0 saturated heterocycles. The maximum Gasteiger partial charge on any atom is 0.241 e. The number of benzene rings is 1. The van der Waals surface area contributed by atoms with Crippen molar-refractivity contribution in [2.24, 2.45) is 11.7 Å². The lowest BCUT2D eigenvalue weighted by atomic mass is 9.99. The average Bonchev–Trinajstić information content (AvgIpc) is 2.98. The number of aromatic nitrogens is 2. The first-order valence-electron chi connectivity index (χ1n) is 7.83. The number of carbonyl (C=O) groups excluding carboxylic acids is 1. The highest BCUT2D eigenvalue weighted by Gasteiger charge is 2.19. The van der Waals surface area contributed by atoms with E-state index in [1.807, 2.05) is 49.0 Å². The molecule has 1 amide bonds. The topological polar surface area (TPSA) is 72.9 Å². The third-order valence-corrected chi connectivity index (χ3v) is 4.42. The van der Waals surface area contributed by atoms with Gasteiger partial charge in [-0.15, -0.1) is 0 Å². The fraction of sp³-hybridized carbons (Fsp3) is 0.412. The predicted molar refractivity (Wildman–Crippen MR) is 96.1 cm³/mol. The minimum absolute atomic E-state index is 0.131. The number of hydrogen-bond donors (Lipinski definition) is 2. The molecule has 1 aromatic heterocycles. The van der Waals surface area contributed by atoms with Gasteiger partial charge in [0, 0.05) is 18.4 Å². The smallest absolute Gasteiger partial charge is 0.241 e. The molecule has 0 aliphatic heterocycles. The number of rotatable bonds is 7. The molecule has 124 valence electrons. The van der Waals surface area contributed by atoms with Gasteiger partial charge in [0.05, 0.1) is 16.7 Å². The van der Waals surface area contributed by atoms with Crippen molar-refractivity contribution in [1.82, 2.24) is 9.78 Å². The second-order valence-corrected chi connectivity index (χ2v) is 6.68. The van der Waals surface area contributed by atoms with Crippen molar-refractivity contribution < 1.29 is 4.79 Å². The third kappa shape index (κ3) is 5.18. The van der Waals surface area contributed by atoms with E-state index in [9.17, 15) is 4.79 Å². The third-order valence-electron chi connectivity index (χ3n) is 4.01. The fourth-order valence-corrected chi connectivity index (χ4v) is 2.52. The number of anilines is 1. The summed E-state index contributed by atoms with van der Waals surface area (Å²) in [7, 11) is 0. The summed E-state index contributed by atoms with van der Waals surface area (Å²) in [6, 6.07) is 7.38. The number of halogens is 1. The Morgan fingerprint density at radius 2 is 2.09 bits per heavy atom. The summed E-state index contributed by atoms with van der Waals surface area (Å²) in [6.45, 7) is 4.84. The summed E-state index contributed by atoms with van der Waals surface area (Å²) in [5.41, 5.74) is 7.91. The van der Waals surface area contributed by atoms with Crippen LogP contribution < -0.4 is 11.1 Å². The zero-order chi connectivity index (χ0) is 16.8. The lowest BCUT2D eigenvalue weighted by Crippen LogP contribution is -2.40. The van der Waals surface area contributed by atoms with Crippen LogP contribution >= 0.6 is 15.9 Å². The van der Waals surface area contributed by atoms with Gasteiger partial charge >= 0.3 is 0 Å². The molecule has 0 aliphatic carbocycles. The van der Waals surface area contributed by atoms with Crippen LogP contribution in [0.3, 0.4) is 0 Å². The van der Waals surface area contributed by atoms with Gasteiger partial charge in [0.15, 0.2) is 0 Å². The molecule has 0 bridgehead atoms. The van der Waals surface area contributed by atoms with Gasteiger partial charge in [-0.25, -0.2) is 0 Å². The molecule has 2 unspecified atom stereocenters. The molecular formula is C17H23BrN4O. The quantitative estimate of drug-likeness (QED) is 0.776. The lowest BCUT2D eigenvalue weighted by molar-refractivity contribution is -0.118. The van der Waals surface area contributed by atoms with E-state index in [2.05, 4.69) is 26.3 Å². The van der Waals surface area contributed by atoms with E-state index in [0.717, 1.165) is 29.5 Å². The Bertz CT molecular complexity index is 638. The van der Waals surface area contributed by atoms with Crippen molar-refractivity contribution >= 4 is 27.5 Å². The lowest BCUT2D eigenvalue weighted by Gasteiger charge is -2.17. The van der Waals surface area contributed by atoms with Gasteiger partial charge in [-0.3, -0.25) is 9.48 Å². The second kappa shape index (κ2) is 8.26. The maximum atomic E-state index is 12.1. The molecule has 2 rings (SSSR count). The summed E-state index contributed by atoms with van der Waals surface area (Å²) in [4.78, 5) is 12.1. The van der Waals surface area contributed by atoms with Gasteiger partial charge in [-0.05, 0) is 46.0 Å². The summed E-state index contributed by atoms with van der Waals surface area (Å²) >= 11 is 3.38. The highest BCUT2D eigenvalue weighted by atomic mass is 79.9. The largest absolute Gasteiger partial charge is 0.325 e. The van der Waals surface area contributed by atoms with Gasteiger partial charge in [0.2, 0.25) is 5.91 Å². The molecule has 0 aliphatic rings. The Kier molecular flexibility index (Phi) is 6.36. The molecule has 1 heterocycles. The highest BCUT2D eigenvalue weighted by Crippen LogP contribution is 2.13. The Morgan fingerprint density at radius 1 is 1.39 bits per heavy atom. The van der Waals surface area contributed by atoms with E-state index in [-0.39, 0.29) is 11.8 Å². The zero-order valence-electron chi connectivity index (χ0n) is 13.5. The number of nitrogens with one attached hydrogen (secondary N) is 1. The van der Waals surface area contributed by atoms with Crippen molar-refractivity contribution in [3.8, 4) is 0 Å². The van der Waals surface area contributed by atoms with Crippen LogP contribution in [0, 0.1) is 5.92 Å². The maximum absolute atomic E-state index is 12.1. The van der Waals surface area contributed by atoms with Gasteiger partial charge in [-0.1, -0.05) is 32.4 Å². The first kappa shape index (κ1) is 17.7. The minimum atomic E-state index is -0.474. The Morgan fingerprint density at radius 3 is 2.65 bits per heavy atom. The first-order valence-corrected chi connectivity index (χ1v) is 8.62.